The Kier molecular flexibility index (Phi) is 6.59. The second-order valence-corrected chi connectivity index (χ2v) is 6.23. The van der Waals surface area contributed by atoms with Gasteiger partial charge in [-0.2, -0.15) is 0 Å². The van der Waals surface area contributed by atoms with Crippen molar-refractivity contribution >= 4 is 23.2 Å². The average Bonchev–Trinajstić information content (AvgIpc) is 2.47. The van der Waals surface area contributed by atoms with Crippen LogP contribution in [0, 0.1) is 5.92 Å². The Morgan fingerprint density at radius 2 is 2.15 bits per heavy atom. The van der Waals surface area contributed by atoms with Gasteiger partial charge in [0.15, 0.2) is 0 Å². The van der Waals surface area contributed by atoms with E-state index in [1.165, 1.54) is 6.42 Å². The minimum absolute atomic E-state index is 0.313. The SMILES string of the molecule is OCC1CCCN(CCNCc2ccc(Cl)c(Cl)c2)C1. The predicted octanol–water partition coefficient (Wildman–Crippen LogP) is 2.79. The number of aliphatic hydroxyl groups excluding tert-OH is 1. The summed E-state index contributed by atoms with van der Waals surface area (Å²) >= 11 is 11.9. The number of hydrogen-bond acceptors (Lipinski definition) is 3. The van der Waals surface area contributed by atoms with E-state index in [1.54, 1.807) is 0 Å². The van der Waals surface area contributed by atoms with Crippen LogP contribution in [0.1, 0.15) is 18.4 Å². The van der Waals surface area contributed by atoms with Crippen molar-refractivity contribution in [2.75, 3.05) is 32.8 Å². The molecule has 1 atom stereocenters. The molecule has 0 saturated carbocycles. The van der Waals surface area contributed by atoms with Crippen LogP contribution in [0.5, 0.6) is 0 Å². The molecule has 0 aromatic heterocycles. The summed E-state index contributed by atoms with van der Waals surface area (Å²) in [5.74, 6) is 0.457. The smallest absolute Gasteiger partial charge is 0.0595 e. The van der Waals surface area contributed by atoms with E-state index >= 15 is 0 Å². The third-order valence-electron chi connectivity index (χ3n) is 3.78. The number of hydrogen-bond donors (Lipinski definition) is 2. The van der Waals surface area contributed by atoms with Crippen LogP contribution in [-0.2, 0) is 6.54 Å². The van der Waals surface area contributed by atoms with E-state index < -0.39 is 0 Å². The van der Waals surface area contributed by atoms with E-state index in [-0.39, 0.29) is 0 Å². The first kappa shape index (κ1) is 16.1. The zero-order valence-corrected chi connectivity index (χ0v) is 13.1. The number of rotatable bonds is 6. The molecule has 1 aromatic carbocycles. The van der Waals surface area contributed by atoms with Crippen molar-refractivity contribution < 1.29 is 5.11 Å². The molecular formula is C15H22Cl2N2O. The number of piperidine rings is 1. The molecule has 20 heavy (non-hydrogen) atoms. The first-order valence-electron chi connectivity index (χ1n) is 7.17. The van der Waals surface area contributed by atoms with Crippen molar-refractivity contribution in [2.24, 2.45) is 5.92 Å². The van der Waals surface area contributed by atoms with E-state index in [4.69, 9.17) is 23.2 Å². The predicted molar refractivity (Wildman–Crippen MR) is 84.4 cm³/mol. The molecule has 2 rings (SSSR count). The summed E-state index contributed by atoms with van der Waals surface area (Å²) in [6, 6.07) is 5.72. The second kappa shape index (κ2) is 8.20. The average molecular weight is 317 g/mol. The lowest BCUT2D eigenvalue weighted by molar-refractivity contribution is 0.121. The molecule has 1 aliphatic heterocycles. The van der Waals surface area contributed by atoms with Gasteiger partial charge in [-0.3, -0.25) is 0 Å². The maximum absolute atomic E-state index is 9.21. The Bertz CT molecular complexity index is 428. The highest BCUT2D eigenvalue weighted by molar-refractivity contribution is 6.42. The van der Waals surface area contributed by atoms with Crippen LogP contribution < -0.4 is 5.32 Å². The van der Waals surface area contributed by atoms with Gasteiger partial charge >= 0.3 is 0 Å². The largest absolute Gasteiger partial charge is 0.396 e. The number of benzene rings is 1. The fourth-order valence-corrected chi connectivity index (χ4v) is 2.94. The maximum atomic E-state index is 9.21. The van der Waals surface area contributed by atoms with Crippen molar-refractivity contribution in [2.45, 2.75) is 19.4 Å². The number of halogens is 2. The lowest BCUT2D eigenvalue weighted by Gasteiger charge is -2.31. The zero-order chi connectivity index (χ0) is 14.4. The molecule has 0 aliphatic carbocycles. The van der Waals surface area contributed by atoms with Crippen LogP contribution in [0.4, 0.5) is 0 Å². The Hall–Kier alpha value is -0.320. The summed E-state index contributed by atoms with van der Waals surface area (Å²) in [6.07, 6.45) is 2.35. The molecule has 0 bridgehead atoms. The van der Waals surface area contributed by atoms with E-state index in [1.807, 2.05) is 18.2 Å². The van der Waals surface area contributed by atoms with E-state index in [0.717, 1.165) is 44.7 Å². The van der Waals surface area contributed by atoms with Gasteiger partial charge in [-0.15, -0.1) is 0 Å². The van der Waals surface area contributed by atoms with Crippen molar-refractivity contribution in [3.63, 3.8) is 0 Å². The van der Waals surface area contributed by atoms with Gasteiger partial charge in [0.2, 0.25) is 0 Å². The molecule has 1 saturated heterocycles. The van der Waals surface area contributed by atoms with Crippen molar-refractivity contribution in [3.8, 4) is 0 Å². The molecule has 0 spiro atoms. The molecule has 0 radical (unpaired) electrons. The van der Waals surface area contributed by atoms with Gasteiger partial charge in [-0.05, 0) is 43.0 Å². The second-order valence-electron chi connectivity index (χ2n) is 5.42. The van der Waals surface area contributed by atoms with Gasteiger partial charge < -0.3 is 15.3 Å². The summed E-state index contributed by atoms with van der Waals surface area (Å²) < 4.78 is 0. The van der Waals surface area contributed by atoms with Gasteiger partial charge in [-0.25, -0.2) is 0 Å². The fraction of sp³-hybridized carbons (Fsp3) is 0.600. The Labute approximate surface area is 130 Å². The molecule has 2 N–H and O–H groups in total. The van der Waals surface area contributed by atoms with Gasteiger partial charge in [0.1, 0.15) is 0 Å². The number of nitrogens with zero attached hydrogens (tertiary/aromatic N) is 1. The van der Waals surface area contributed by atoms with Gasteiger partial charge in [0, 0.05) is 32.8 Å². The van der Waals surface area contributed by atoms with Crippen LogP contribution in [0.2, 0.25) is 10.0 Å². The van der Waals surface area contributed by atoms with Crippen molar-refractivity contribution in [3.05, 3.63) is 33.8 Å². The lowest BCUT2D eigenvalue weighted by atomic mass is 9.99. The summed E-state index contributed by atoms with van der Waals surface area (Å²) in [6.45, 7) is 5.24. The van der Waals surface area contributed by atoms with Crippen molar-refractivity contribution in [1.29, 1.82) is 0 Å². The molecular weight excluding hydrogens is 295 g/mol. The van der Waals surface area contributed by atoms with Crippen LogP contribution in [0.25, 0.3) is 0 Å². The Balaban J connectivity index is 1.67. The number of nitrogens with one attached hydrogen (secondary N) is 1. The third kappa shape index (κ3) is 4.90. The van der Waals surface area contributed by atoms with E-state index in [9.17, 15) is 5.11 Å². The molecule has 1 unspecified atom stereocenters. The van der Waals surface area contributed by atoms with Gasteiger partial charge in [0.25, 0.3) is 0 Å². The monoisotopic (exact) mass is 316 g/mol. The van der Waals surface area contributed by atoms with Gasteiger partial charge in [0.05, 0.1) is 10.0 Å². The van der Waals surface area contributed by atoms with Crippen LogP contribution in [0.15, 0.2) is 18.2 Å². The highest BCUT2D eigenvalue weighted by Gasteiger charge is 2.18. The van der Waals surface area contributed by atoms with Gasteiger partial charge in [-0.1, -0.05) is 29.3 Å². The molecule has 5 heteroatoms. The summed E-state index contributed by atoms with van der Waals surface area (Å²) in [4.78, 5) is 2.42. The van der Waals surface area contributed by atoms with Crippen LogP contribution >= 0.6 is 23.2 Å². The minimum atomic E-state index is 0.313. The molecule has 112 valence electrons. The zero-order valence-electron chi connectivity index (χ0n) is 11.6. The van der Waals surface area contributed by atoms with Crippen molar-refractivity contribution in [1.82, 2.24) is 10.2 Å². The van der Waals surface area contributed by atoms with Crippen LogP contribution in [0.3, 0.4) is 0 Å². The number of likely N-dealkylation sites (tertiary alicyclic amines) is 1. The topological polar surface area (TPSA) is 35.5 Å². The van der Waals surface area contributed by atoms with E-state index in [2.05, 4.69) is 10.2 Å². The Morgan fingerprint density at radius 1 is 1.30 bits per heavy atom. The first-order valence-corrected chi connectivity index (χ1v) is 7.92. The first-order chi connectivity index (χ1) is 9.69. The minimum Gasteiger partial charge on any atom is -0.396 e. The molecule has 1 heterocycles. The maximum Gasteiger partial charge on any atom is 0.0595 e. The molecule has 0 amide bonds. The highest BCUT2D eigenvalue weighted by atomic mass is 35.5. The molecule has 1 aliphatic rings. The van der Waals surface area contributed by atoms with E-state index in [0.29, 0.717) is 22.6 Å². The normalized spacial score (nSPS) is 20.2. The standard InChI is InChI=1S/C15H22Cl2N2O/c16-14-4-3-12(8-15(14)17)9-18-5-7-19-6-1-2-13(10-19)11-20/h3-4,8,13,18,20H,1-2,5-7,9-11H2. The number of aliphatic hydroxyl groups is 1. The highest BCUT2D eigenvalue weighted by Crippen LogP contribution is 2.22. The fourth-order valence-electron chi connectivity index (χ4n) is 2.62. The molecule has 1 fully saturated rings. The quantitative estimate of drug-likeness (QED) is 0.792. The molecule has 1 aromatic rings. The lowest BCUT2D eigenvalue weighted by Crippen LogP contribution is -2.40. The Morgan fingerprint density at radius 3 is 2.90 bits per heavy atom. The summed E-state index contributed by atoms with van der Waals surface area (Å²) in [7, 11) is 0. The van der Waals surface area contributed by atoms with Crippen LogP contribution in [-0.4, -0.2) is 42.8 Å². The summed E-state index contributed by atoms with van der Waals surface area (Å²) in [5, 5.41) is 13.8. The third-order valence-corrected chi connectivity index (χ3v) is 4.52. The molecule has 3 nitrogen and oxygen atoms in total. The summed E-state index contributed by atoms with van der Waals surface area (Å²) in [5.41, 5.74) is 1.14.